The summed E-state index contributed by atoms with van der Waals surface area (Å²) in [5, 5.41) is 2.80. The molecule has 0 spiro atoms. The second-order valence-electron chi connectivity index (χ2n) is 6.03. The van der Waals surface area contributed by atoms with Gasteiger partial charge in [-0.25, -0.2) is 4.90 Å². The van der Waals surface area contributed by atoms with E-state index < -0.39 is 0 Å². The van der Waals surface area contributed by atoms with Gasteiger partial charge in [0.15, 0.2) is 0 Å². The molecule has 5 heteroatoms. The van der Waals surface area contributed by atoms with Crippen molar-refractivity contribution in [2.75, 3.05) is 10.2 Å². The van der Waals surface area contributed by atoms with Crippen molar-refractivity contribution >= 4 is 29.1 Å². The third kappa shape index (κ3) is 2.29. The maximum Gasteiger partial charge on any atom is 0.266 e. The number of hydrogen-bond acceptors (Lipinski definition) is 3. The van der Waals surface area contributed by atoms with Crippen molar-refractivity contribution in [1.82, 2.24) is 0 Å². The molecule has 1 heterocycles. The monoisotopic (exact) mass is 322 g/mol. The van der Waals surface area contributed by atoms with Gasteiger partial charge in [-0.1, -0.05) is 18.2 Å². The molecule has 0 unspecified atom stereocenters. The fourth-order valence-electron chi connectivity index (χ4n) is 3.28. The number of nitrogens with zero attached hydrogens (tertiary/aromatic N) is 1. The van der Waals surface area contributed by atoms with Gasteiger partial charge >= 0.3 is 0 Å². The molecule has 0 aromatic heterocycles. The van der Waals surface area contributed by atoms with Crippen molar-refractivity contribution < 1.29 is 14.4 Å². The van der Waals surface area contributed by atoms with Crippen LogP contribution in [0, 0.1) is 20.8 Å². The molecule has 5 nitrogen and oxygen atoms in total. The average Bonchev–Trinajstić information content (AvgIpc) is 2.77. The van der Waals surface area contributed by atoms with Gasteiger partial charge in [-0.2, -0.15) is 0 Å². The van der Waals surface area contributed by atoms with E-state index in [0.29, 0.717) is 28.1 Å². The number of imide groups is 1. The quantitative estimate of drug-likeness (QED) is 0.862. The molecule has 24 heavy (non-hydrogen) atoms. The highest BCUT2D eigenvalue weighted by Gasteiger charge is 2.38. The molecule has 2 aromatic rings. The second-order valence-corrected chi connectivity index (χ2v) is 6.03. The van der Waals surface area contributed by atoms with E-state index in [9.17, 15) is 14.4 Å². The lowest BCUT2D eigenvalue weighted by Gasteiger charge is -2.23. The Balaban J connectivity index is 2.19. The Morgan fingerprint density at radius 3 is 2.00 bits per heavy atom. The Morgan fingerprint density at radius 2 is 1.50 bits per heavy atom. The van der Waals surface area contributed by atoms with Crippen LogP contribution in [0.1, 0.15) is 44.3 Å². The van der Waals surface area contributed by atoms with E-state index >= 15 is 0 Å². The summed E-state index contributed by atoms with van der Waals surface area (Å²) in [6, 6.07) is 8.67. The van der Waals surface area contributed by atoms with E-state index in [-0.39, 0.29) is 17.7 Å². The lowest BCUT2D eigenvalue weighted by atomic mass is 10.0. The maximum atomic E-state index is 12.7. The largest absolute Gasteiger partial charge is 0.326 e. The van der Waals surface area contributed by atoms with Gasteiger partial charge in [0.2, 0.25) is 5.91 Å². The summed E-state index contributed by atoms with van der Waals surface area (Å²) in [4.78, 5) is 38.2. The van der Waals surface area contributed by atoms with Gasteiger partial charge in [0.1, 0.15) is 0 Å². The predicted octanol–water partition coefficient (Wildman–Crippen LogP) is 3.37. The Bertz CT molecular complexity index is 865. The first-order valence-electron chi connectivity index (χ1n) is 7.69. The van der Waals surface area contributed by atoms with Crippen molar-refractivity contribution in [3.8, 4) is 0 Å². The van der Waals surface area contributed by atoms with Crippen molar-refractivity contribution in [3.05, 3.63) is 58.1 Å². The Kier molecular flexibility index (Phi) is 3.72. The summed E-state index contributed by atoms with van der Waals surface area (Å²) in [6.07, 6.45) is 0. The maximum absolute atomic E-state index is 12.7. The van der Waals surface area contributed by atoms with Crippen molar-refractivity contribution in [2.24, 2.45) is 0 Å². The van der Waals surface area contributed by atoms with Gasteiger partial charge in [0, 0.05) is 12.6 Å². The third-order valence-electron chi connectivity index (χ3n) is 4.25. The first kappa shape index (κ1) is 15.9. The number of rotatable bonds is 2. The van der Waals surface area contributed by atoms with E-state index in [4.69, 9.17) is 0 Å². The van der Waals surface area contributed by atoms with Crippen LogP contribution in [-0.2, 0) is 4.79 Å². The highest BCUT2D eigenvalue weighted by molar-refractivity contribution is 6.35. The van der Waals surface area contributed by atoms with E-state index in [1.165, 1.54) is 11.8 Å². The van der Waals surface area contributed by atoms with Crippen LogP contribution in [0.3, 0.4) is 0 Å². The molecule has 122 valence electrons. The Hall–Kier alpha value is -2.95. The number of fused-ring (bicyclic) bond motifs is 1. The molecule has 0 saturated heterocycles. The van der Waals surface area contributed by atoms with Crippen LogP contribution in [-0.4, -0.2) is 17.7 Å². The molecule has 3 amide bonds. The lowest BCUT2D eigenvalue weighted by Crippen LogP contribution is -2.31. The van der Waals surface area contributed by atoms with Crippen LogP contribution in [0.5, 0.6) is 0 Å². The molecule has 0 fully saturated rings. The number of amides is 3. The van der Waals surface area contributed by atoms with E-state index in [0.717, 1.165) is 11.1 Å². The van der Waals surface area contributed by atoms with Crippen LogP contribution in [0.4, 0.5) is 11.4 Å². The molecule has 0 radical (unpaired) electrons. The molecule has 3 rings (SSSR count). The molecule has 0 bridgehead atoms. The standard InChI is InChI=1S/C19H18N2O3/c1-10-9-11(2)17(12(3)16(10)20-13(4)22)21-18(23)14-7-5-6-8-15(14)19(21)24/h5-9H,1-4H3,(H,20,22). The minimum atomic E-state index is -0.334. The van der Waals surface area contributed by atoms with E-state index in [1.807, 2.05) is 26.8 Å². The van der Waals surface area contributed by atoms with Crippen molar-refractivity contribution in [1.29, 1.82) is 0 Å². The van der Waals surface area contributed by atoms with Crippen molar-refractivity contribution in [2.45, 2.75) is 27.7 Å². The summed E-state index contributed by atoms with van der Waals surface area (Å²) < 4.78 is 0. The third-order valence-corrected chi connectivity index (χ3v) is 4.25. The smallest absolute Gasteiger partial charge is 0.266 e. The number of carbonyl (C=O) groups is 3. The van der Waals surface area contributed by atoms with Gasteiger partial charge in [0.25, 0.3) is 11.8 Å². The average molecular weight is 322 g/mol. The van der Waals surface area contributed by atoms with Crippen LogP contribution < -0.4 is 10.2 Å². The van der Waals surface area contributed by atoms with Gasteiger partial charge in [-0.15, -0.1) is 0 Å². The van der Waals surface area contributed by atoms with Crippen LogP contribution in [0.25, 0.3) is 0 Å². The molecular weight excluding hydrogens is 304 g/mol. The molecule has 1 aliphatic rings. The molecule has 2 aromatic carbocycles. The highest BCUT2D eigenvalue weighted by atomic mass is 16.2. The minimum Gasteiger partial charge on any atom is -0.326 e. The number of nitrogens with one attached hydrogen (secondary N) is 1. The number of anilines is 2. The van der Waals surface area contributed by atoms with E-state index in [2.05, 4.69) is 5.32 Å². The second kappa shape index (κ2) is 5.60. The molecule has 0 saturated carbocycles. The fourth-order valence-corrected chi connectivity index (χ4v) is 3.28. The number of carbonyl (C=O) groups excluding carboxylic acids is 3. The van der Waals surface area contributed by atoms with Gasteiger partial charge < -0.3 is 5.32 Å². The first-order chi connectivity index (χ1) is 11.3. The normalized spacial score (nSPS) is 13.2. The molecule has 0 aliphatic carbocycles. The van der Waals surface area contributed by atoms with Gasteiger partial charge in [0.05, 0.1) is 16.8 Å². The Labute approximate surface area is 140 Å². The lowest BCUT2D eigenvalue weighted by molar-refractivity contribution is -0.114. The highest BCUT2D eigenvalue weighted by Crippen LogP contribution is 2.37. The number of aryl methyl sites for hydroxylation is 2. The zero-order valence-corrected chi connectivity index (χ0v) is 14.1. The number of hydrogen-bond donors (Lipinski definition) is 1. The minimum absolute atomic E-state index is 0.196. The molecule has 1 aliphatic heterocycles. The fraction of sp³-hybridized carbons (Fsp3) is 0.211. The van der Waals surface area contributed by atoms with Crippen molar-refractivity contribution in [3.63, 3.8) is 0 Å². The van der Waals surface area contributed by atoms with Crippen LogP contribution in [0.15, 0.2) is 30.3 Å². The molecule has 0 atom stereocenters. The summed E-state index contributed by atoms with van der Waals surface area (Å²) in [7, 11) is 0. The number of benzene rings is 2. The zero-order chi connectivity index (χ0) is 17.6. The summed E-state index contributed by atoms with van der Waals surface area (Å²) in [6.45, 7) is 6.98. The summed E-state index contributed by atoms with van der Waals surface area (Å²) in [5.74, 6) is -0.864. The zero-order valence-electron chi connectivity index (χ0n) is 14.1. The van der Waals surface area contributed by atoms with Gasteiger partial charge in [-0.3, -0.25) is 14.4 Å². The SMILES string of the molecule is CC(=O)Nc1c(C)cc(C)c(N2C(=O)c3ccccc3C2=O)c1C. The van der Waals surface area contributed by atoms with Gasteiger partial charge in [-0.05, 0) is 49.6 Å². The molecular formula is C19H18N2O3. The molecule has 1 N–H and O–H groups in total. The van der Waals surface area contributed by atoms with Crippen LogP contribution >= 0.6 is 0 Å². The van der Waals surface area contributed by atoms with Crippen LogP contribution in [0.2, 0.25) is 0 Å². The Morgan fingerprint density at radius 1 is 0.958 bits per heavy atom. The predicted molar refractivity (Wildman–Crippen MR) is 92.5 cm³/mol. The first-order valence-corrected chi connectivity index (χ1v) is 7.69. The summed E-state index contributed by atoms with van der Waals surface area (Å²) >= 11 is 0. The van der Waals surface area contributed by atoms with E-state index in [1.54, 1.807) is 24.3 Å². The topological polar surface area (TPSA) is 66.5 Å². The summed E-state index contributed by atoms with van der Waals surface area (Å²) in [5.41, 5.74) is 4.40.